The van der Waals surface area contributed by atoms with Gasteiger partial charge in [-0.15, -0.1) is 11.3 Å². The van der Waals surface area contributed by atoms with Crippen molar-refractivity contribution in [2.45, 2.75) is 32.1 Å². The van der Waals surface area contributed by atoms with Gasteiger partial charge in [-0.05, 0) is 61.6 Å². The van der Waals surface area contributed by atoms with E-state index in [1.807, 2.05) is 18.2 Å². The first kappa shape index (κ1) is 24.1. The molecule has 1 N–H and O–H groups in total. The maximum absolute atomic E-state index is 13.4. The van der Waals surface area contributed by atoms with E-state index in [2.05, 4.69) is 5.32 Å². The molecule has 8 heteroatoms. The number of hydrogen-bond acceptors (Lipinski definition) is 6. The summed E-state index contributed by atoms with van der Waals surface area (Å²) in [6.45, 7) is 0. The number of aryl methyl sites for hydroxylation is 1. The summed E-state index contributed by atoms with van der Waals surface area (Å²) in [5, 5.41) is 4.25. The van der Waals surface area contributed by atoms with Gasteiger partial charge in [-0.1, -0.05) is 24.1 Å². The Morgan fingerprint density at radius 1 is 1.03 bits per heavy atom. The Hall–Kier alpha value is -3.03. The van der Waals surface area contributed by atoms with Crippen LogP contribution in [0.25, 0.3) is 0 Å². The van der Waals surface area contributed by atoms with Crippen LogP contribution < -0.4 is 19.5 Å². The number of nitrogens with one attached hydrogen (secondary N) is 1. The first-order valence-electron chi connectivity index (χ1n) is 11.1. The summed E-state index contributed by atoms with van der Waals surface area (Å²) in [5.74, 6) is 1.41. The quantitative estimate of drug-likeness (QED) is 0.290. The first-order valence-corrected chi connectivity index (χ1v) is 12.3. The van der Waals surface area contributed by atoms with Crippen LogP contribution in [0.3, 0.4) is 0 Å². The van der Waals surface area contributed by atoms with Gasteiger partial charge >= 0.3 is 0 Å². The molecule has 6 nitrogen and oxygen atoms in total. The third kappa shape index (κ3) is 5.05. The number of thiophene rings is 1. The molecular formula is C26H27ClN2O4S. The largest absolute Gasteiger partial charge is 0.493 e. The molecule has 0 saturated heterocycles. The van der Waals surface area contributed by atoms with Crippen molar-refractivity contribution in [1.29, 1.82) is 0 Å². The van der Waals surface area contributed by atoms with Gasteiger partial charge in [0.15, 0.2) is 11.5 Å². The lowest BCUT2D eigenvalue weighted by molar-refractivity contribution is 0.102. The second-order valence-corrected chi connectivity index (χ2v) is 9.41. The Balaban J connectivity index is 1.74. The van der Waals surface area contributed by atoms with Crippen LogP contribution in [0.15, 0.2) is 41.4 Å². The van der Waals surface area contributed by atoms with E-state index in [4.69, 9.17) is 30.8 Å². The number of fused-ring (bicyclic) bond motifs is 1. The minimum Gasteiger partial charge on any atom is -0.493 e. The zero-order valence-corrected chi connectivity index (χ0v) is 21.0. The fraction of sp³-hybridized carbons (Fsp3) is 0.308. The summed E-state index contributed by atoms with van der Waals surface area (Å²) in [5.41, 5.74) is 3.12. The molecule has 1 aromatic heterocycles. The molecule has 0 spiro atoms. The molecule has 0 atom stereocenters. The smallest absolute Gasteiger partial charge is 0.259 e. The van der Waals surface area contributed by atoms with Gasteiger partial charge in [0.05, 0.1) is 26.9 Å². The van der Waals surface area contributed by atoms with Crippen molar-refractivity contribution in [3.8, 4) is 17.2 Å². The topological polar surface area (TPSA) is 69.2 Å². The average Bonchev–Trinajstić information content (AvgIpc) is 3.02. The molecule has 178 valence electrons. The number of carbonyl (C=O) groups is 1. The number of amides is 1. The highest BCUT2D eigenvalue weighted by molar-refractivity contribution is 7.16. The van der Waals surface area contributed by atoms with Gasteiger partial charge in [0.2, 0.25) is 5.75 Å². The van der Waals surface area contributed by atoms with Crippen molar-refractivity contribution in [2.24, 2.45) is 4.99 Å². The molecular weight excluding hydrogens is 472 g/mol. The van der Waals surface area contributed by atoms with Crippen molar-refractivity contribution >= 4 is 45.7 Å². The summed E-state index contributed by atoms with van der Waals surface area (Å²) < 4.78 is 16.4. The van der Waals surface area contributed by atoms with Crippen LogP contribution >= 0.6 is 22.9 Å². The third-order valence-electron chi connectivity index (χ3n) is 5.77. The Kier molecular flexibility index (Phi) is 7.75. The van der Waals surface area contributed by atoms with E-state index in [1.165, 1.54) is 4.88 Å². The van der Waals surface area contributed by atoms with Gasteiger partial charge in [-0.3, -0.25) is 4.79 Å². The van der Waals surface area contributed by atoms with Crippen LogP contribution in [0.1, 0.15) is 45.6 Å². The van der Waals surface area contributed by atoms with Gasteiger partial charge in [-0.2, -0.15) is 0 Å². The van der Waals surface area contributed by atoms with E-state index in [1.54, 1.807) is 57.1 Å². The number of methoxy groups -OCH3 is 3. The van der Waals surface area contributed by atoms with Crippen molar-refractivity contribution in [3.63, 3.8) is 0 Å². The highest BCUT2D eigenvalue weighted by Crippen LogP contribution is 2.42. The van der Waals surface area contributed by atoms with Gasteiger partial charge in [0.25, 0.3) is 5.91 Å². The van der Waals surface area contributed by atoms with Crippen LogP contribution in [-0.4, -0.2) is 33.5 Å². The van der Waals surface area contributed by atoms with Gasteiger partial charge in [0.1, 0.15) is 5.00 Å². The van der Waals surface area contributed by atoms with E-state index in [9.17, 15) is 4.79 Å². The number of halogens is 1. The number of anilines is 1. The Morgan fingerprint density at radius 3 is 2.56 bits per heavy atom. The van der Waals surface area contributed by atoms with Crippen LogP contribution in [0, 0.1) is 0 Å². The molecule has 3 aromatic rings. The molecule has 0 fully saturated rings. The predicted molar refractivity (Wildman–Crippen MR) is 138 cm³/mol. The second kappa shape index (κ2) is 10.9. The summed E-state index contributed by atoms with van der Waals surface area (Å²) >= 11 is 7.70. The lowest BCUT2D eigenvalue weighted by Crippen LogP contribution is -2.13. The highest BCUT2D eigenvalue weighted by atomic mass is 35.5. The number of hydrogen-bond donors (Lipinski definition) is 1. The summed E-state index contributed by atoms with van der Waals surface area (Å²) in [6.07, 6.45) is 6.90. The number of carbonyl (C=O) groups excluding carboxylic acids is 1. The van der Waals surface area contributed by atoms with Crippen LogP contribution in [0.4, 0.5) is 10.7 Å². The molecule has 1 aliphatic carbocycles. The minimum atomic E-state index is -0.173. The molecule has 2 aromatic carbocycles. The maximum atomic E-state index is 13.4. The molecule has 0 bridgehead atoms. The van der Waals surface area contributed by atoms with Crippen LogP contribution in [0.2, 0.25) is 5.02 Å². The molecule has 1 amide bonds. The average molecular weight is 499 g/mol. The fourth-order valence-corrected chi connectivity index (χ4v) is 5.59. The fourth-order valence-electron chi connectivity index (χ4n) is 4.17. The zero-order valence-electron chi connectivity index (χ0n) is 19.4. The molecule has 0 saturated carbocycles. The second-order valence-electron chi connectivity index (χ2n) is 7.89. The summed E-state index contributed by atoms with van der Waals surface area (Å²) in [6, 6.07) is 10.8. The maximum Gasteiger partial charge on any atom is 0.259 e. The Morgan fingerprint density at radius 2 is 1.82 bits per heavy atom. The summed E-state index contributed by atoms with van der Waals surface area (Å²) in [4.78, 5) is 19.4. The Bertz CT molecular complexity index is 1220. The highest BCUT2D eigenvalue weighted by Gasteiger charge is 2.25. The van der Waals surface area contributed by atoms with Gasteiger partial charge in [-0.25, -0.2) is 4.99 Å². The van der Waals surface area contributed by atoms with Crippen molar-refractivity contribution < 1.29 is 19.0 Å². The van der Waals surface area contributed by atoms with Gasteiger partial charge in [0, 0.05) is 27.4 Å². The van der Waals surface area contributed by atoms with E-state index in [-0.39, 0.29) is 5.91 Å². The molecule has 34 heavy (non-hydrogen) atoms. The predicted octanol–water partition coefficient (Wildman–Crippen LogP) is 6.70. The van der Waals surface area contributed by atoms with Crippen LogP contribution in [-0.2, 0) is 12.8 Å². The van der Waals surface area contributed by atoms with Crippen LogP contribution in [0.5, 0.6) is 17.2 Å². The van der Waals surface area contributed by atoms with Gasteiger partial charge < -0.3 is 19.5 Å². The summed E-state index contributed by atoms with van der Waals surface area (Å²) in [7, 11) is 4.72. The molecule has 0 unspecified atom stereocenters. The zero-order chi connectivity index (χ0) is 24.1. The molecule has 4 rings (SSSR count). The number of nitrogens with zero attached hydrogens (tertiary/aromatic N) is 1. The number of rotatable bonds is 7. The third-order valence-corrected chi connectivity index (χ3v) is 7.20. The van der Waals surface area contributed by atoms with E-state index < -0.39 is 0 Å². The molecule has 1 heterocycles. The SMILES string of the molecule is COc1ccc(C=Nc2sc3c(c2C(=O)Nc2cccc(Cl)c2)CCCCC3)c(OC)c1OC. The van der Waals surface area contributed by atoms with E-state index in [0.717, 1.165) is 43.2 Å². The number of aliphatic imine (C=N–C) groups is 1. The molecule has 1 aliphatic rings. The van der Waals surface area contributed by atoms with Crippen molar-refractivity contribution in [1.82, 2.24) is 0 Å². The van der Waals surface area contributed by atoms with E-state index in [0.29, 0.717) is 38.5 Å². The number of ether oxygens (including phenoxy) is 3. The minimum absolute atomic E-state index is 0.173. The standard InChI is InChI=1S/C26H27ClN2O4S/c1-31-20-13-12-16(23(32-2)24(20)33-3)15-28-26-22(19-10-5-4-6-11-21(19)34-26)25(30)29-18-9-7-8-17(27)14-18/h7-9,12-15H,4-6,10-11H2,1-3H3,(H,29,30). The molecule has 0 aliphatic heterocycles. The molecule has 0 radical (unpaired) electrons. The normalized spacial score (nSPS) is 13.3. The lowest BCUT2D eigenvalue weighted by atomic mass is 10.0. The monoisotopic (exact) mass is 498 g/mol. The lowest BCUT2D eigenvalue weighted by Gasteiger charge is -2.13. The first-order chi connectivity index (χ1) is 16.5. The van der Waals surface area contributed by atoms with Crippen molar-refractivity contribution in [3.05, 3.63) is 63.0 Å². The van der Waals surface area contributed by atoms with E-state index >= 15 is 0 Å². The number of benzene rings is 2. The van der Waals surface area contributed by atoms with Crippen molar-refractivity contribution in [2.75, 3.05) is 26.6 Å². The Labute approximate surface area is 208 Å².